The molecule has 1 aliphatic rings. The van der Waals surface area contributed by atoms with Crippen molar-refractivity contribution in [3.8, 4) is 16.9 Å². The fourth-order valence-electron chi connectivity index (χ4n) is 4.09. The van der Waals surface area contributed by atoms with Gasteiger partial charge in [0.05, 0.1) is 17.3 Å². The number of amides is 2. The number of para-hydroxylation sites is 1. The molecule has 4 aromatic rings. The van der Waals surface area contributed by atoms with E-state index in [2.05, 4.69) is 10.3 Å². The fourth-order valence-corrected chi connectivity index (χ4v) is 4.21. The van der Waals surface area contributed by atoms with Crippen LogP contribution in [0, 0.1) is 5.92 Å². The van der Waals surface area contributed by atoms with Crippen LogP contribution in [0.2, 0.25) is 5.02 Å². The highest BCUT2D eigenvalue weighted by Crippen LogP contribution is 2.27. The Kier molecular flexibility index (Phi) is 6.10. The fraction of sp³-hybridized carbons (Fsp3) is 0.154. The summed E-state index contributed by atoms with van der Waals surface area (Å²) in [5.41, 5.74) is 4.24. The van der Waals surface area contributed by atoms with Crippen LogP contribution in [-0.4, -0.2) is 33.1 Å². The molecule has 1 saturated heterocycles. The highest BCUT2D eigenvalue weighted by Gasteiger charge is 2.35. The van der Waals surface area contributed by atoms with Crippen molar-refractivity contribution in [2.24, 2.45) is 5.92 Å². The summed E-state index contributed by atoms with van der Waals surface area (Å²) in [5.74, 6) is -0.647. The number of pyridine rings is 1. The molecular formula is C26H22ClN5O2. The highest BCUT2D eigenvalue weighted by molar-refractivity contribution is 6.30. The van der Waals surface area contributed by atoms with Crippen molar-refractivity contribution in [3.05, 3.63) is 95.9 Å². The molecular weight excluding hydrogens is 450 g/mol. The van der Waals surface area contributed by atoms with Gasteiger partial charge in [0.2, 0.25) is 11.8 Å². The average molecular weight is 472 g/mol. The first-order valence-electron chi connectivity index (χ1n) is 11.0. The van der Waals surface area contributed by atoms with Crippen molar-refractivity contribution in [1.29, 1.82) is 0 Å². The van der Waals surface area contributed by atoms with E-state index >= 15 is 0 Å². The number of nitrogens with zero attached hydrogens (tertiary/aromatic N) is 4. The lowest BCUT2D eigenvalue weighted by Gasteiger charge is -2.16. The Hall–Kier alpha value is -3.97. The van der Waals surface area contributed by atoms with Crippen LogP contribution in [0.1, 0.15) is 12.0 Å². The first-order valence-corrected chi connectivity index (χ1v) is 11.3. The molecule has 0 spiro atoms. The SMILES string of the molecule is O=C(NCc1cn(-c2ccccc2)nc1-c1ccncc1)C1CC(=O)N(c2ccc(Cl)cc2)C1. The van der Waals surface area contributed by atoms with E-state index in [1.165, 1.54) is 0 Å². The number of benzene rings is 2. The van der Waals surface area contributed by atoms with Crippen LogP contribution >= 0.6 is 11.6 Å². The summed E-state index contributed by atoms with van der Waals surface area (Å²) in [5, 5.41) is 8.37. The number of hydrogen-bond donors (Lipinski definition) is 1. The van der Waals surface area contributed by atoms with E-state index in [4.69, 9.17) is 16.7 Å². The molecule has 1 aliphatic heterocycles. The number of carbonyl (C=O) groups excluding carboxylic acids is 2. The number of hydrogen-bond acceptors (Lipinski definition) is 4. The molecule has 3 heterocycles. The third-order valence-corrected chi connectivity index (χ3v) is 6.10. The molecule has 2 aromatic carbocycles. The van der Waals surface area contributed by atoms with Crippen LogP contribution < -0.4 is 10.2 Å². The molecule has 1 N–H and O–H groups in total. The predicted octanol–water partition coefficient (Wildman–Crippen LogP) is 4.26. The Labute approximate surface area is 202 Å². The molecule has 34 heavy (non-hydrogen) atoms. The summed E-state index contributed by atoms with van der Waals surface area (Å²) in [6.07, 6.45) is 5.53. The lowest BCUT2D eigenvalue weighted by molar-refractivity contribution is -0.126. The summed E-state index contributed by atoms with van der Waals surface area (Å²) in [6, 6.07) is 20.6. The molecule has 7 nitrogen and oxygen atoms in total. The van der Waals surface area contributed by atoms with Crippen molar-refractivity contribution in [2.75, 3.05) is 11.4 Å². The van der Waals surface area contributed by atoms with E-state index in [9.17, 15) is 9.59 Å². The smallest absolute Gasteiger partial charge is 0.227 e. The van der Waals surface area contributed by atoms with Gasteiger partial charge in [0.25, 0.3) is 0 Å². The normalized spacial score (nSPS) is 15.5. The predicted molar refractivity (Wildman–Crippen MR) is 131 cm³/mol. The van der Waals surface area contributed by atoms with Gasteiger partial charge < -0.3 is 10.2 Å². The number of aromatic nitrogens is 3. The first-order chi connectivity index (χ1) is 16.6. The second-order valence-corrected chi connectivity index (χ2v) is 8.56. The third kappa shape index (κ3) is 4.56. The van der Waals surface area contributed by atoms with Crippen molar-refractivity contribution in [3.63, 3.8) is 0 Å². The van der Waals surface area contributed by atoms with Gasteiger partial charge in [-0.25, -0.2) is 4.68 Å². The van der Waals surface area contributed by atoms with E-state index in [1.807, 2.05) is 48.7 Å². The maximum Gasteiger partial charge on any atom is 0.227 e. The first kappa shape index (κ1) is 21.9. The molecule has 1 atom stereocenters. The van der Waals surface area contributed by atoms with Crippen molar-refractivity contribution < 1.29 is 9.59 Å². The minimum absolute atomic E-state index is 0.0724. The topological polar surface area (TPSA) is 80.1 Å². The van der Waals surface area contributed by atoms with E-state index in [0.717, 1.165) is 28.2 Å². The zero-order valence-corrected chi connectivity index (χ0v) is 19.0. The molecule has 0 aliphatic carbocycles. The van der Waals surface area contributed by atoms with Gasteiger partial charge in [-0.15, -0.1) is 0 Å². The lowest BCUT2D eigenvalue weighted by atomic mass is 10.1. The van der Waals surface area contributed by atoms with Gasteiger partial charge in [0.15, 0.2) is 0 Å². The van der Waals surface area contributed by atoms with Crippen molar-refractivity contribution in [1.82, 2.24) is 20.1 Å². The van der Waals surface area contributed by atoms with Crippen molar-refractivity contribution in [2.45, 2.75) is 13.0 Å². The zero-order valence-electron chi connectivity index (χ0n) is 18.3. The van der Waals surface area contributed by atoms with E-state index < -0.39 is 5.92 Å². The maximum absolute atomic E-state index is 13.0. The number of anilines is 1. The Balaban J connectivity index is 1.32. The lowest BCUT2D eigenvalue weighted by Crippen LogP contribution is -2.32. The summed E-state index contributed by atoms with van der Waals surface area (Å²) >= 11 is 5.95. The quantitative estimate of drug-likeness (QED) is 0.455. The van der Waals surface area contributed by atoms with Crippen LogP contribution in [0.4, 0.5) is 5.69 Å². The second kappa shape index (κ2) is 9.49. The summed E-state index contributed by atoms with van der Waals surface area (Å²) in [6.45, 7) is 0.641. The Bertz CT molecular complexity index is 1310. The van der Waals surface area contributed by atoms with Gasteiger partial charge in [-0.2, -0.15) is 5.10 Å². The molecule has 170 valence electrons. The molecule has 0 radical (unpaired) electrons. The Morgan fingerprint density at radius 2 is 1.74 bits per heavy atom. The molecule has 2 amide bonds. The highest BCUT2D eigenvalue weighted by atomic mass is 35.5. The number of carbonyl (C=O) groups is 2. The van der Waals surface area contributed by atoms with E-state index in [1.54, 1.807) is 46.2 Å². The molecule has 1 unspecified atom stereocenters. The Morgan fingerprint density at radius 3 is 2.47 bits per heavy atom. The van der Waals surface area contributed by atoms with Gasteiger partial charge in [0, 0.05) is 59.9 Å². The molecule has 1 fully saturated rings. The maximum atomic E-state index is 13.0. The third-order valence-electron chi connectivity index (χ3n) is 5.85. The van der Waals surface area contributed by atoms with Crippen LogP contribution in [0.15, 0.2) is 85.3 Å². The van der Waals surface area contributed by atoms with Gasteiger partial charge in [-0.1, -0.05) is 29.8 Å². The minimum atomic E-state index is -0.420. The van der Waals surface area contributed by atoms with Gasteiger partial charge >= 0.3 is 0 Å². The molecule has 0 bridgehead atoms. The standard InChI is InChI=1S/C26H22ClN5O2/c27-21-6-8-22(9-7-21)31-16-19(14-24(31)33)26(34)29-15-20-17-32(23-4-2-1-3-5-23)30-25(20)18-10-12-28-13-11-18/h1-13,17,19H,14-16H2,(H,29,34). The molecule has 2 aromatic heterocycles. The zero-order chi connectivity index (χ0) is 23.5. The van der Waals surface area contributed by atoms with Gasteiger partial charge in [0.1, 0.15) is 0 Å². The molecule has 0 saturated carbocycles. The number of rotatable bonds is 6. The van der Waals surface area contributed by atoms with Crippen LogP contribution in [0.3, 0.4) is 0 Å². The number of halogens is 1. The summed E-state index contributed by atoms with van der Waals surface area (Å²) < 4.78 is 1.80. The molecule has 5 rings (SSSR count). The van der Waals surface area contributed by atoms with Gasteiger partial charge in [-0.3, -0.25) is 14.6 Å². The Morgan fingerprint density at radius 1 is 1.00 bits per heavy atom. The number of nitrogens with one attached hydrogen (secondary N) is 1. The molecule has 8 heteroatoms. The minimum Gasteiger partial charge on any atom is -0.352 e. The largest absolute Gasteiger partial charge is 0.352 e. The van der Waals surface area contributed by atoms with Crippen LogP contribution in [0.5, 0.6) is 0 Å². The second-order valence-electron chi connectivity index (χ2n) is 8.12. The van der Waals surface area contributed by atoms with Crippen LogP contribution in [-0.2, 0) is 16.1 Å². The van der Waals surface area contributed by atoms with Crippen LogP contribution in [0.25, 0.3) is 16.9 Å². The average Bonchev–Trinajstić information content (AvgIpc) is 3.48. The van der Waals surface area contributed by atoms with Crippen molar-refractivity contribution >= 4 is 29.1 Å². The summed E-state index contributed by atoms with van der Waals surface area (Å²) in [7, 11) is 0. The van der Waals surface area contributed by atoms with E-state index in [0.29, 0.717) is 18.1 Å². The monoisotopic (exact) mass is 471 g/mol. The van der Waals surface area contributed by atoms with E-state index in [-0.39, 0.29) is 18.2 Å². The van der Waals surface area contributed by atoms with Gasteiger partial charge in [-0.05, 0) is 48.5 Å². The summed E-state index contributed by atoms with van der Waals surface area (Å²) in [4.78, 5) is 31.2.